The van der Waals surface area contributed by atoms with Gasteiger partial charge in [-0.3, -0.25) is 0 Å². The molecule has 0 spiro atoms. The largest absolute Gasteiger partial charge is 0.310 e. The molecule has 3 heterocycles. The van der Waals surface area contributed by atoms with E-state index in [1.54, 1.807) is 0 Å². The zero-order valence-electron chi connectivity index (χ0n) is 30.6. The fourth-order valence-electron chi connectivity index (χ4n) is 8.75. The predicted molar refractivity (Wildman–Crippen MR) is 226 cm³/mol. The quantitative estimate of drug-likeness (QED) is 0.162. The zero-order chi connectivity index (χ0) is 36.6. The van der Waals surface area contributed by atoms with Crippen LogP contribution in [0.15, 0.2) is 164 Å². The Hall–Kier alpha value is -6.78. The van der Waals surface area contributed by atoms with Gasteiger partial charge in [0.2, 0.25) is 0 Å². The van der Waals surface area contributed by atoms with Crippen molar-refractivity contribution in [3.63, 3.8) is 0 Å². The Bertz CT molecular complexity index is 2960. The molecule has 0 fully saturated rings. The van der Waals surface area contributed by atoms with Crippen LogP contribution in [0.2, 0.25) is 0 Å². The summed E-state index contributed by atoms with van der Waals surface area (Å²) in [4.78, 5) is 10.6. The van der Waals surface area contributed by atoms with Gasteiger partial charge < -0.3 is 9.13 Å². The molecular weight excluding hydrogens is 657 g/mol. The Morgan fingerprint density at radius 3 is 2.07 bits per heavy atom. The average molecular weight is 695 g/mol. The number of benzene rings is 6. The highest BCUT2D eigenvalue weighted by Crippen LogP contribution is 2.51. The molecule has 258 valence electrons. The van der Waals surface area contributed by atoms with Crippen molar-refractivity contribution in [2.45, 2.75) is 26.2 Å². The van der Waals surface area contributed by atoms with E-state index in [4.69, 9.17) is 9.97 Å². The first-order valence-electron chi connectivity index (χ1n) is 18.6. The van der Waals surface area contributed by atoms with Crippen LogP contribution in [0.25, 0.3) is 83.9 Å². The number of para-hydroxylation sites is 2. The number of hydrogen-bond acceptors (Lipinski definition) is 2. The van der Waals surface area contributed by atoms with Crippen LogP contribution in [-0.4, -0.2) is 19.1 Å². The molecule has 0 bridgehead atoms. The molecule has 0 aliphatic heterocycles. The maximum atomic E-state index is 5.33. The van der Waals surface area contributed by atoms with Gasteiger partial charge in [0.05, 0.1) is 27.9 Å². The molecule has 0 atom stereocenters. The van der Waals surface area contributed by atoms with Crippen LogP contribution in [0.3, 0.4) is 0 Å². The van der Waals surface area contributed by atoms with E-state index < -0.39 is 0 Å². The van der Waals surface area contributed by atoms with Gasteiger partial charge in [0.15, 0.2) is 5.82 Å². The molecule has 0 radical (unpaired) electrons. The van der Waals surface area contributed by atoms with Crippen LogP contribution in [0.4, 0.5) is 0 Å². The summed E-state index contributed by atoms with van der Waals surface area (Å²) in [6.07, 6.45) is 6.04. The highest BCUT2D eigenvalue weighted by molar-refractivity contribution is 6.20. The maximum Gasteiger partial charge on any atom is 0.160 e. The van der Waals surface area contributed by atoms with E-state index in [2.05, 4.69) is 182 Å². The Morgan fingerprint density at radius 1 is 0.611 bits per heavy atom. The molecule has 1 aliphatic carbocycles. The van der Waals surface area contributed by atoms with Gasteiger partial charge in [-0.15, -0.1) is 0 Å². The molecule has 54 heavy (non-hydrogen) atoms. The molecule has 4 nitrogen and oxygen atoms in total. The first kappa shape index (κ1) is 31.9. The monoisotopic (exact) mass is 694 g/mol. The second-order valence-electron chi connectivity index (χ2n) is 14.7. The van der Waals surface area contributed by atoms with Gasteiger partial charge in [-0.05, 0) is 66.1 Å². The van der Waals surface area contributed by atoms with E-state index in [1.807, 2.05) is 18.2 Å². The molecule has 6 aromatic carbocycles. The number of nitrogens with zero attached hydrogens (tertiary/aromatic N) is 4. The van der Waals surface area contributed by atoms with Crippen molar-refractivity contribution in [3.05, 3.63) is 187 Å². The van der Waals surface area contributed by atoms with Gasteiger partial charge >= 0.3 is 0 Å². The summed E-state index contributed by atoms with van der Waals surface area (Å²) in [6.45, 7) is 10.8. The molecule has 0 N–H and O–H groups in total. The van der Waals surface area contributed by atoms with E-state index in [9.17, 15) is 0 Å². The van der Waals surface area contributed by atoms with Crippen molar-refractivity contribution in [3.8, 4) is 45.1 Å². The van der Waals surface area contributed by atoms with Crippen molar-refractivity contribution < 1.29 is 0 Å². The number of fused-ring (bicyclic) bond motifs is 8. The van der Waals surface area contributed by atoms with Crippen LogP contribution in [-0.2, 0) is 5.41 Å². The molecule has 0 amide bonds. The van der Waals surface area contributed by atoms with Crippen molar-refractivity contribution >= 4 is 38.8 Å². The third-order valence-corrected chi connectivity index (χ3v) is 11.3. The van der Waals surface area contributed by atoms with Crippen LogP contribution in [0, 0.1) is 6.92 Å². The second kappa shape index (κ2) is 12.1. The maximum absolute atomic E-state index is 5.33. The fraction of sp³-hybridized carbons (Fsp3) is 0.0800. The van der Waals surface area contributed by atoms with E-state index in [-0.39, 0.29) is 5.41 Å². The second-order valence-corrected chi connectivity index (χ2v) is 14.7. The van der Waals surface area contributed by atoms with Gasteiger partial charge in [-0.2, -0.15) is 0 Å². The van der Waals surface area contributed by atoms with Crippen LogP contribution >= 0.6 is 0 Å². The summed E-state index contributed by atoms with van der Waals surface area (Å²) in [5, 5.41) is 3.70. The zero-order valence-corrected chi connectivity index (χ0v) is 30.6. The minimum atomic E-state index is -0.255. The van der Waals surface area contributed by atoms with Gasteiger partial charge in [-0.1, -0.05) is 142 Å². The lowest BCUT2D eigenvalue weighted by Crippen LogP contribution is -2.17. The number of aromatic nitrogens is 4. The molecule has 10 rings (SSSR count). The predicted octanol–water partition coefficient (Wildman–Crippen LogP) is 12.7. The highest BCUT2D eigenvalue weighted by atomic mass is 15.0. The Labute approximate surface area is 315 Å². The van der Waals surface area contributed by atoms with Gasteiger partial charge in [0.25, 0.3) is 0 Å². The summed E-state index contributed by atoms with van der Waals surface area (Å²) in [6, 6.07) is 52.0. The van der Waals surface area contributed by atoms with Crippen LogP contribution in [0.1, 0.15) is 36.4 Å². The number of aryl methyl sites for hydroxylation is 1. The van der Waals surface area contributed by atoms with Gasteiger partial charge in [0.1, 0.15) is 0 Å². The standard InChI is InChI=1S/C50H38N4/c1-5-6-24-41-32(2)44-43(53(41)35-19-11-8-12-20-35)31-30-38-37-21-14-16-25-42(37)54(47(38)44)36-28-26-33(27-29-36)46-45-39-22-13-15-23-40(39)50(3,4)48(45)52-49(51-46)34-17-9-7-10-18-34/h5-31H,1H2,2-4H3/b24-6-. The average Bonchev–Trinajstić information content (AvgIpc) is 3.79. The lowest BCUT2D eigenvalue weighted by atomic mass is 9.85. The summed E-state index contributed by atoms with van der Waals surface area (Å²) in [7, 11) is 0. The Balaban J connectivity index is 1.22. The number of allylic oxidation sites excluding steroid dienone is 2. The van der Waals surface area contributed by atoms with Crippen molar-refractivity contribution in [1.29, 1.82) is 0 Å². The number of hydrogen-bond donors (Lipinski definition) is 0. The van der Waals surface area contributed by atoms with Crippen LogP contribution in [0.5, 0.6) is 0 Å². The van der Waals surface area contributed by atoms with Crippen molar-refractivity contribution in [2.75, 3.05) is 0 Å². The van der Waals surface area contributed by atoms with Crippen LogP contribution < -0.4 is 0 Å². The Kier molecular flexibility index (Phi) is 7.18. The highest BCUT2D eigenvalue weighted by Gasteiger charge is 2.39. The van der Waals surface area contributed by atoms with E-state index >= 15 is 0 Å². The minimum Gasteiger partial charge on any atom is -0.310 e. The molecule has 9 aromatic rings. The smallest absolute Gasteiger partial charge is 0.160 e. The molecular formula is C50H38N4. The first-order chi connectivity index (χ1) is 26.5. The van der Waals surface area contributed by atoms with E-state index in [0.29, 0.717) is 0 Å². The topological polar surface area (TPSA) is 35.6 Å². The van der Waals surface area contributed by atoms with E-state index in [0.717, 1.165) is 51.0 Å². The lowest BCUT2D eigenvalue weighted by molar-refractivity contribution is 0.636. The summed E-state index contributed by atoms with van der Waals surface area (Å²) < 4.78 is 4.81. The van der Waals surface area contributed by atoms with E-state index in [1.165, 1.54) is 49.4 Å². The lowest BCUT2D eigenvalue weighted by Gasteiger charge is -2.21. The third kappa shape index (κ3) is 4.63. The molecule has 0 saturated heterocycles. The Morgan fingerprint density at radius 2 is 1.30 bits per heavy atom. The van der Waals surface area contributed by atoms with Gasteiger partial charge in [-0.25, -0.2) is 9.97 Å². The summed E-state index contributed by atoms with van der Waals surface area (Å²) >= 11 is 0. The van der Waals surface area contributed by atoms with Gasteiger partial charge in [0, 0.05) is 55.3 Å². The molecule has 4 heteroatoms. The SMILES string of the molecule is C=C/C=C\c1c(C)c2c(ccc3c4ccccc4n(-c4ccc(-c5nc(-c6ccccc6)nc6c5-c5ccccc5C6(C)C)cc4)c32)n1-c1ccccc1. The van der Waals surface area contributed by atoms with Crippen molar-refractivity contribution in [1.82, 2.24) is 19.1 Å². The minimum absolute atomic E-state index is 0.255. The number of rotatable bonds is 6. The summed E-state index contributed by atoms with van der Waals surface area (Å²) in [5.74, 6) is 0.749. The normalized spacial score (nSPS) is 13.2. The molecule has 3 aromatic heterocycles. The fourth-order valence-corrected chi connectivity index (χ4v) is 8.75. The molecule has 0 unspecified atom stereocenters. The summed E-state index contributed by atoms with van der Waals surface area (Å²) in [5.41, 5.74) is 15.6. The third-order valence-electron chi connectivity index (χ3n) is 11.3. The first-order valence-corrected chi connectivity index (χ1v) is 18.6. The molecule has 0 saturated carbocycles. The van der Waals surface area contributed by atoms with Crippen molar-refractivity contribution in [2.24, 2.45) is 0 Å². The molecule has 1 aliphatic rings.